The van der Waals surface area contributed by atoms with Crippen LogP contribution in [-0.2, 0) is 9.53 Å². The molecular formula is C11H15N3O4. The standard InChI is InChI=1S/C11H15N3O4/c1-18-9(4-12)3-10(15)14-8-2-7(11(16)17)5-13-6-8/h2,5-6,9H,3-4,12H2,1H3,(H,14,15)(H,16,17). The molecule has 0 spiro atoms. The summed E-state index contributed by atoms with van der Waals surface area (Å²) in [5.74, 6) is -1.41. The average molecular weight is 253 g/mol. The second kappa shape index (κ2) is 6.67. The number of aromatic nitrogens is 1. The molecule has 1 atom stereocenters. The van der Waals surface area contributed by atoms with Crippen molar-refractivity contribution in [2.24, 2.45) is 5.73 Å². The van der Waals surface area contributed by atoms with Gasteiger partial charge in [-0.1, -0.05) is 0 Å². The van der Waals surface area contributed by atoms with Crippen LogP contribution in [-0.4, -0.2) is 41.7 Å². The number of anilines is 1. The molecule has 0 fully saturated rings. The number of carbonyl (C=O) groups is 2. The van der Waals surface area contributed by atoms with Crippen LogP contribution < -0.4 is 11.1 Å². The van der Waals surface area contributed by atoms with E-state index in [1.807, 2.05) is 0 Å². The highest BCUT2D eigenvalue weighted by atomic mass is 16.5. The monoisotopic (exact) mass is 253 g/mol. The summed E-state index contributed by atoms with van der Waals surface area (Å²) >= 11 is 0. The van der Waals surface area contributed by atoms with Gasteiger partial charge in [0.2, 0.25) is 5.91 Å². The average Bonchev–Trinajstić information content (AvgIpc) is 2.36. The summed E-state index contributed by atoms with van der Waals surface area (Å²) in [6, 6.07) is 1.33. The predicted molar refractivity (Wildman–Crippen MR) is 64.3 cm³/mol. The second-order valence-corrected chi connectivity index (χ2v) is 3.61. The van der Waals surface area contributed by atoms with Crippen molar-refractivity contribution in [2.75, 3.05) is 19.0 Å². The highest BCUT2D eigenvalue weighted by Crippen LogP contribution is 2.09. The Morgan fingerprint density at radius 3 is 2.83 bits per heavy atom. The van der Waals surface area contributed by atoms with Gasteiger partial charge in [-0.25, -0.2) is 4.79 Å². The van der Waals surface area contributed by atoms with Crippen molar-refractivity contribution in [3.63, 3.8) is 0 Å². The number of nitrogens with one attached hydrogen (secondary N) is 1. The van der Waals surface area contributed by atoms with E-state index in [-0.39, 0.29) is 30.5 Å². The first kappa shape index (κ1) is 14.1. The third kappa shape index (κ3) is 4.11. The van der Waals surface area contributed by atoms with Gasteiger partial charge in [0.25, 0.3) is 0 Å². The Labute approximate surface area is 104 Å². The van der Waals surface area contributed by atoms with Crippen molar-refractivity contribution in [3.05, 3.63) is 24.0 Å². The van der Waals surface area contributed by atoms with Gasteiger partial charge < -0.3 is 20.9 Å². The number of nitrogens with zero attached hydrogens (tertiary/aromatic N) is 1. The Morgan fingerprint density at radius 2 is 2.28 bits per heavy atom. The molecule has 0 aliphatic carbocycles. The Balaban J connectivity index is 2.64. The largest absolute Gasteiger partial charge is 0.478 e. The van der Waals surface area contributed by atoms with E-state index in [0.717, 1.165) is 0 Å². The minimum Gasteiger partial charge on any atom is -0.478 e. The van der Waals surface area contributed by atoms with E-state index in [2.05, 4.69) is 10.3 Å². The third-order valence-electron chi connectivity index (χ3n) is 2.28. The van der Waals surface area contributed by atoms with E-state index in [1.165, 1.54) is 25.6 Å². The first-order valence-corrected chi connectivity index (χ1v) is 5.28. The van der Waals surface area contributed by atoms with Crippen molar-refractivity contribution in [1.29, 1.82) is 0 Å². The van der Waals surface area contributed by atoms with Gasteiger partial charge >= 0.3 is 5.97 Å². The first-order chi connectivity index (χ1) is 8.56. The van der Waals surface area contributed by atoms with Crippen LogP contribution in [0.1, 0.15) is 16.8 Å². The third-order valence-corrected chi connectivity index (χ3v) is 2.28. The number of rotatable bonds is 6. The van der Waals surface area contributed by atoms with Crippen LogP contribution in [0, 0.1) is 0 Å². The van der Waals surface area contributed by atoms with Gasteiger partial charge in [-0.2, -0.15) is 0 Å². The Kier molecular flexibility index (Phi) is 5.22. The fourth-order valence-electron chi connectivity index (χ4n) is 1.31. The van der Waals surface area contributed by atoms with Crippen LogP contribution in [0.4, 0.5) is 5.69 Å². The minimum atomic E-state index is -1.10. The highest BCUT2D eigenvalue weighted by Gasteiger charge is 2.12. The lowest BCUT2D eigenvalue weighted by atomic mass is 10.2. The van der Waals surface area contributed by atoms with E-state index in [4.69, 9.17) is 15.6 Å². The highest BCUT2D eigenvalue weighted by molar-refractivity contribution is 5.93. The van der Waals surface area contributed by atoms with E-state index in [1.54, 1.807) is 0 Å². The predicted octanol–water partition coefficient (Wildman–Crippen LogP) is 0.0821. The molecule has 1 rings (SSSR count). The normalized spacial score (nSPS) is 11.9. The van der Waals surface area contributed by atoms with Crippen molar-refractivity contribution in [1.82, 2.24) is 4.98 Å². The molecule has 0 bridgehead atoms. The van der Waals surface area contributed by atoms with Gasteiger partial charge in [0, 0.05) is 19.9 Å². The van der Waals surface area contributed by atoms with Gasteiger partial charge in [0.05, 0.1) is 30.0 Å². The summed E-state index contributed by atoms with van der Waals surface area (Å²) in [6.45, 7) is 0.233. The number of carboxylic acid groups (broad SMARTS) is 1. The number of carbonyl (C=O) groups excluding carboxylic acids is 1. The molecule has 1 heterocycles. The maximum atomic E-state index is 11.6. The number of methoxy groups -OCH3 is 1. The van der Waals surface area contributed by atoms with Crippen LogP contribution in [0.25, 0.3) is 0 Å². The van der Waals surface area contributed by atoms with Crippen molar-refractivity contribution in [3.8, 4) is 0 Å². The van der Waals surface area contributed by atoms with Crippen molar-refractivity contribution < 1.29 is 19.4 Å². The molecule has 1 unspecified atom stereocenters. The molecule has 0 aliphatic rings. The molecule has 0 radical (unpaired) electrons. The van der Waals surface area contributed by atoms with E-state index in [9.17, 15) is 9.59 Å². The number of aromatic carboxylic acids is 1. The molecular weight excluding hydrogens is 238 g/mol. The molecule has 0 saturated heterocycles. The molecule has 7 heteroatoms. The molecule has 98 valence electrons. The van der Waals surface area contributed by atoms with Gasteiger partial charge in [0.1, 0.15) is 0 Å². The van der Waals surface area contributed by atoms with Gasteiger partial charge in [0.15, 0.2) is 0 Å². The lowest BCUT2D eigenvalue weighted by molar-refractivity contribution is -0.118. The maximum Gasteiger partial charge on any atom is 0.337 e. The second-order valence-electron chi connectivity index (χ2n) is 3.61. The molecule has 0 saturated carbocycles. The van der Waals surface area contributed by atoms with E-state index >= 15 is 0 Å². The molecule has 18 heavy (non-hydrogen) atoms. The van der Waals surface area contributed by atoms with Crippen molar-refractivity contribution >= 4 is 17.6 Å². The molecule has 0 aromatic carbocycles. The number of amides is 1. The molecule has 1 aromatic heterocycles. The smallest absolute Gasteiger partial charge is 0.337 e. The lowest BCUT2D eigenvalue weighted by Crippen LogP contribution is -2.28. The maximum absolute atomic E-state index is 11.6. The summed E-state index contributed by atoms with van der Waals surface area (Å²) in [4.78, 5) is 26.0. The molecule has 1 aromatic rings. The summed E-state index contributed by atoms with van der Waals surface area (Å²) in [7, 11) is 1.47. The van der Waals surface area contributed by atoms with Crippen LogP contribution in [0.5, 0.6) is 0 Å². The lowest BCUT2D eigenvalue weighted by Gasteiger charge is -2.12. The molecule has 7 nitrogen and oxygen atoms in total. The zero-order valence-electron chi connectivity index (χ0n) is 9.92. The number of carboxylic acids is 1. The molecule has 0 aliphatic heterocycles. The number of pyridine rings is 1. The van der Waals surface area contributed by atoms with Crippen LogP contribution >= 0.6 is 0 Å². The van der Waals surface area contributed by atoms with E-state index in [0.29, 0.717) is 5.69 Å². The van der Waals surface area contributed by atoms with Gasteiger partial charge in [-0.15, -0.1) is 0 Å². The van der Waals surface area contributed by atoms with Gasteiger partial charge in [-0.3, -0.25) is 9.78 Å². The fourth-order valence-corrected chi connectivity index (χ4v) is 1.31. The number of ether oxygens (including phenoxy) is 1. The number of nitrogens with two attached hydrogens (primary N) is 1. The zero-order chi connectivity index (χ0) is 13.5. The molecule has 1 amide bonds. The van der Waals surface area contributed by atoms with Crippen molar-refractivity contribution in [2.45, 2.75) is 12.5 Å². The summed E-state index contributed by atoms with van der Waals surface area (Å²) in [6.07, 6.45) is 2.31. The summed E-state index contributed by atoms with van der Waals surface area (Å²) in [5.41, 5.74) is 5.73. The molecule has 4 N–H and O–H groups in total. The summed E-state index contributed by atoms with van der Waals surface area (Å²) in [5, 5.41) is 11.3. The quantitative estimate of drug-likeness (QED) is 0.661. The summed E-state index contributed by atoms with van der Waals surface area (Å²) < 4.78 is 4.97. The van der Waals surface area contributed by atoms with Gasteiger partial charge in [-0.05, 0) is 6.07 Å². The fraction of sp³-hybridized carbons (Fsp3) is 0.364. The van der Waals surface area contributed by atoms with Crippen LogP contribution in [0.2, 0.25) is 0 Å². The Bertz CT molecular complexity index is 432. The Morgan fingerprint density at radius 1 is 1.56 bits per heavy atom. The first-order valence-electron chi connectivity index (χ1n) is 5.28. The topological polar surface area (TPSA) is 115 Å². The number of hydrogen-bond acceptors (Lipinski definition) is 5. The number of hydrogen-bond donors (Lipinski definition) is 3. The van der Waals surface area contributed by atoms with Crippen LogP contribution in [0.3, 0.4) is 0 Å². The minimum absolute atomic E-state index is 0.00918. The Hall–Kier alpha value is -1.99. The SMILES string of the molecule is COC(CN)CC(=O)Nc1cncc(C(=O)O)c1. The van der Waals surface area contributed by atoms with Crippen LogP contribution in [0.15, 0.2) is 18.5 Å². The van der Waals surface area contributed by atoms with E-state index < -0.39 is 5.97 Å². The zero-order valence-corrected chi connectivity index (χ0v) is 9.92.